The third-order valence-electron chi connectivity index (χ3n) is 2.46. The van der Waals surface area contributed by atoms with Crippen LogP contribution in [0.2, 0.25) is 10.0 Å². The van der Waals surface area contributed by atoms with Crippen LogP contribution in [0, 0.1) is 0 Å². The number of hydrogen-bond donors (Lipinski definition) is 2. The Kier molecular flexibility index (Phi) is 4.93. The van der Waals surface area contributed by atoms with Gasteiger partial charge in [0.25, 0.3) is 10.0 Å². The first kappa shape index (κ1) is 15.6. The van der Waals surface area contributed by atoms with Crippen LogP contribution in [0.1, 0.15) is 4.88 Å². The number of rotatable bonds is 5. The molecule has 0 aliphatic carbocycles. The Morgan fingerprint density at radius 2 is 1.80 bits per heavy atom. The van der Waals surface area contributed by atoms with Gasteiger partial charge in [-0.15, -0.1) is 11.3 Å². The van der Waals surface area contributed by atoms with Crippen molar-refractivity contribution in [2.75, 3.05) is 11.3 Å². The molecular weight excluding hydrogens is 341 g/mol. The smallest absolute Gasteiger partial charge is 0.271 e. The highest BCUT2D eigenvalue weighted by Crippen LogP contribution is 2.33. The predicted molar refractivity (Wildman–Crippen MR) is 82.4 cm³/mol. The Hall–Kier alpha value is -0.790. The third kappa shape index (κ3) is 3.45. The van der Waals surface area contributed by atoms with Crippen LogP contribution in [0.4, 0.5) is 5.69 Å². The Morgan fingerprint density at radius 1 is 1.15 bits per heavy atom. The van der Waals surface area contributed by atoms with E-state index in [1.54, 1.807) is 24.3 Å². The van der Waals surface area contributed by atoms with Crippen LogP contribution in [0.15, 0.2) is 34.5 Å². The summed E-state index contributed by atoms with van der Waals surface area (Å²) in [5, 5.41) is 9.31. The molecular formula is C12H11Cl2NO3S2. The van der Waals surface area contributed by atoms with Crippen molar-refractivity contribution in [3.63, 3.8) is 0 Å². The molecule has 0 saturated heterocycles. The third-order valence-corrected chi connectivity index (χ3v) is 6.08. The maximum atomic E-state index is 12.2. The maximum Gasteiger partial charge on any atom is 0.271 e. The average molecular weight is 352 g/mol. The van der Waals surface area contributed by atoms with Crippen LogP contribution in [0.3, 0.4) is 0 Å². The summed E-state index contributed by atoms with van der Waals surface area (Å²) < 4.78 is 27.0. The number of benzene rings is 1. The molecule has 0 saturated carbocycles. The predicted octanol–water partition coefficient (Wildman–Crippen LogP) is 3.39. The molecule has 0 spiro atoms. The molecule has 0 aliphatic heterocycles. The van der Waals surface area contributed by atoms with E-state index in [1.807, 2.05) is 0 Å². The number of anilines is 1. The molecule has 20 heavy (non-hydrogen) atoms. The summed E-state index contributed by atoms with van der Waals surface area (Å²) in [6, 6.07) is 7.90. The van der Waals surface area contributed by atoms with E-state index in [0.717, 1.165) is 16.2 Å². The molecule has 0 unspecified atom stereocenters. The number of para-hydroxylation sites is 1. The first-order chi connectivity index (χ1) is 9.44. The van der Waals surface area contributed by atoms with Gasteiger partial charge in [0.05, 0.1) is 15.7 Å². The van der Waals surface area contributed by atoms with E-state index >= 15 is 0 Å². The van der Waals surface area contributed by atoms with Crippen molar-refractivity contribution < 1.29 is 13.5 Å². The van der Waals surface area contributed by atoms with Crippen molar-refractivity contribution in [1.29, 1.82) is 0 Å². The van der Waals surface area contributed by atoms with Gasteiger partial charge in [-0.3, -0.25) is 4.72 Å². The van der Waals surface area contributed by atoms with Gasteiger partial charge in [-0.05, 0) is 24.3 Å². The van der Waals surface area contributed by atoms with Crippen molar-refractivity contribution in [3.8, 4) is 0 Å². The van der Waals surface area contributed by atoms with E-state index < -0.39 is 10.0 Å². The number of hydrogen-bond acceptors (Lipinski definition) is 4. The van der Waals surface area contributed by atoms with Gasteiger partial charge in [-0.2, -0.15) is 0 Å². The quantitative estimate of drug-likeness (QED) is 0.867. The fraction of sp³-hybridized carbons (Fsp3) is 0.167. The van der Waals surface area contributed by atoms with E-state index in [4.69, 9.17) is 28.3 Å². The summed E-state index contributed by atoms with van der Waals surface area (Å²) in [5.74, 6) is 0. The molecule has 4 nitrogen and oxygen atoms in total. The van der Waals surface area contributed by atoms with Crippen molar-refractivity contribution in [3.05, 3.63) is 45.3 Å². The van der Waals surface area contributed by atoms with E-state index in [0.29, 0.717) is 6.42 Å². The Labute approximate surface area is 131 Å². The van der Waals surface area contributed by atoms with Crippen LogP contribution in [-0.2, 0) is 16.4 Å². The summed E-state index contributed by atoms with van der Waals surface area (Å²) in [4.78, 5) is 0.790. The summed E-state index contributed by atoms with van der Waals surface area (Å²) in [6.45, 7) is -0.0240. The molecule has 1 aromatic carbocycles. The molecule has 1 heterocycles. The summed E-state index contributed by atoms with van der Waals surface area (Å²) in [6.07, 6.45) is 0.424. The first-order valence-electron chi connectivity index (χ1n) is 5.60. The lowest BCUT2D eigenvalue weighted by Crippen LogP contribution is -2.12. The van der Waals surface area contributed by atoms with E-state index in [-0.39, 0.29) is 26.5 Å². The first-order valence-corrected chi connectivity index (χ1v) is 8.66. The molecule has 108 valence electrons. The van der Waals surface area contributed by atoms with Crippen molar-refractivity contribution >= 4 is 50.2 Å². The monoisotopic (exact) mass is 351 g/mol. The number of nitrogens with one attached hydrogen (secondary N) is 1. The lowest BCUT2D eigenvalue weighted by Gasteiger charge is -2.09. The zero-order valence-corrected chi connectivity index (χ0v) is 13.3. The molecule has 2 rings (SSSR count). The topological polar surface area (TPSA) is 66.4 Å². The van der Waals surface area contributed by atoms with Crippen molar-refractivity contribution in [2.45, 2.75) is 10.6 Å². The fourth-order valence-corrected chi connectivity index (χ4v) is 4.58. The molecule has 8 heteroatoms. The lowest BCUT2D eigenvalue weighted by atomic mass is 10.3. The molecule has 1 aromatic heterocycles. The zero-order valence-electron chi connectivity index (χ0n) is 10.1. The number of sulfonamides is 1. The Morgan fingerprint density at radius 3 is 2.40 bits per heavy atom. The van der Waals surface area contributed by atoms with Gasteiger partial charge in [0.1, 0.15) is 4.21 Å². The van der Waals surface area contributed by atoms with E-state index in [1.165, 1.54) is 6.07 Å². The zero-order chi connectivity index (χ0) is 14.8. The van der Waals surface area contributed by atoms with Gasteiger partial charge < -0.3 is 5.11 Å². The van der Waals surface area contributed by atoms with Crippen LogP contribution in [0.5, 0.6) is 0 Å². The maximum absolute atomic E-state index is 12.2. The molecule has 0 aliphatic rings. The minimum atomic E-state index is -3.74. The normalized spacial score (nSPS) is 11.6. The average Bonchev–Trinajstić information content (AvgIpc) is 2.84. The standard InChI is InChI=1S/C12H11Cl2NO3S2/c13-9-2-1-3-10(14)12(9)15-20(17,18)11-5-4-8(19-11)6-7-16/h1-5,15-16H,6-7H2. The van der Waals surface area contributed by atoms with Crippen LogP contribution in [0.25, 0.3) is 0 Å². The van der Waals surface area contributed by atoms with Gasteiger partial charge in [0.2, 0.25) is 0 Å². The molecule has 0 atom stereocenters. The van der Waals surface area contributed by atoms with Crippen LogP contribution >= 0.6 is 34.5 Å². The molecule has 2 aromatic rings. The second-order valence-electron chi connectivity index (χ2n) is 3.90. The van der Waals surface area contributed by atoms with Gasteiger partial charge in [0, 0.05) is 17.9 Å². The largest absolute Gasteiger partial charge is 0.396 e. The summed E-state index contributed by atoms with van der Waals surface area (Å²) in [7, 11) is -3.74. The van der Waals surface area contributed by atoms with E-state index in [9.17, 15) is 8.42 Å². The van der Waals surface area contributed by atoms with Gasteiger partial charge >= 0.3 is 0 Å². The fourth-order valence-electron chi connectivity index (χ4n) is 1.53. The van der Waals surface area contributed by atoms with Gasteiger partial charge in [0.15, 0.2) is 0 Å². The highest BCUT2D eigenvalue weighted by Gasteiger charge is 2.19. The number of aliphatic hydroxyl groups excluding tert-OH is 1. The Bertz CT molecular complexity index is 693. The van der Waals surface area contributed by atoms with Gasteiger partial charge in [-0.1, -0.05) is 29.3 Å². The molecule has 2 N–H and O–H groups in total. The number of aliphatic hydroxyl groups is 1. The minimum absolute atomic E-state index is 0.0240. The molecule has 0 fully saturated rings. The molecule has 0 bridgehead atoms. The second kappa shape index (κ2) is 6.32. The van der Waals surface area contributed by atoms with Crippen molar-refractivity contribution in [2.24, 2.45) is 0 Å². The highest BCUT2D eigenvalue weighted by atomic mass is 35.5. The molecule has 0 amide bonds. The molecule has 0 radical (unpaired) electrons. The van der Waals surface area contributed by atoms with Gasteiger partial charge in [-0.25, -0.2) is 8.42 Å². The second-order valence-corrected chi connectivity index (χ2v) is 7.79. The summed E-state index contributed by atoms with van der Waals surface area (Å²) >= 11 is 13.0. The van der Waals surface area contributed by atoms with Crippen LogP contribution < -0.4 is 4.72 Å². The SMILES string of the molecule is O=S(=O)(Nc1c(Cl)cccc1Cl)c1ccc(CCO)s1. The minimum Gasteiger partial charge on any atom is -0.396 e. The lowest BCUT2D eigenvalue weighted by molar-refractivity contribution is 0.300. The number of thiophene rings is 1. The van der Waals surface area contributed by atoms with Crippen molar-refractivity contribution in [1.82, 2.24) is 0 Å². The number of halogens is 2. The van der Waals surface area contributed by atoms with Crippen LogP contribution in [-0.4, -0.2) is 20.1 Å². The highest BCUT2D eigenvalue weighted by molar-refractivity contribution is 7.94. The summed E-state index contributed by atoms with van der Waals surface area (Å²) in [5.41, 5.74) is 0.160. The van der Waals surface area contributed by atoms with E-state index in [2.05, 4.69) is 4.72 Å². The Balaban J connectivity index is 2.31.